The number of benzene rings is 3. The molecule has 0 bridgehead atoms. The fraction of sp³-hybridized carbons (Fsp3) is 0.154. The SMILES string of the molecule is CC(=O)c1ccc(NC(=O)CCSc2nnc(-c3ccccc3F)n2Cc2ccccc2)cc1. The highest BCUT2D eigenvalue weighted by Crippen LogP contribution is 2.27. The van der Waals surface area contributed by atoms with Crippen molar-refractivity contribution in [2.75, 3.05) is 11.1 Å². The van der Waals surface area contributed by atoms with E-state index >= 15 is 0 Å². The third-order valence-corrected chi connectivity index (χ3v) is 6.12. The monoisotopic (exact) mass is 474 g/mol. The van der Waals surface area contributed by atoms with Gasteiger partial charge in [0.2, 0.25) is 5.91 Å². The van der Waals surface area contributed by atoms with Gasteiger partial charge in [0.15, 0.2) is 16.8 Å². The van der Waals surface area contributed by atoms with Gasteiger partial charge < -0.3 is 5.32 Å². The molecule has 1 amide bonds. The lowest BCUT2D eigenvalue weighted by atomic mass is 10.1. The summed E-state index contributed by atoms with van der Waals surface area (Å²) in [5.74, 6) is 0.382. The number of halogens is 1. The number of nitrogens with one attached hydrogen (secondary N) is 1. The minimum Gasteiger partial charge on any atom is -0.326 e. The number of Topliss-reactive ketones (excluding diaryl/α,β-unsaturated/α-hetero) is 1. The molecule has 0 spiro atoms. The van der Waals surface area contributed by atoms with E-state index in [0.717, 1.165) is 5.56 Å². The van der Waals surface area contributed by atoms with E-state index in [1.54, 1.807) is 42.5 Å². The van der Waals surface area contributed by atoms with E-state index in [-0.39, 0.29) is 23.9 Å². The molecule has 1 heterocycles. The van der Waals surface area contributed by atoms with Gasteiger partial charge in [-0.15, -0.1) is 10.2 Å². The molecule has 0 atom stereocenters. The largest absolute Gasteiger partial charge is 0.326 e. The second kappa shape index (κ2) is 10.9. The van der Waals surface area contributed by atoms with Gasteiger partial charge >= 0.3 is 0 Å². The Balaban J connectivity index is 1.45. The van der Waals surface area contributed by atoms with Gasteiger partial charge in [-0.05, 0) is 48.9 Å². The molecule has 34 heavy (non-hydrogen) atoms. The summed E-state index contributed by atoms with van der Waals surface area (Å²) in [6, 6.07) is 23.1. The zero-order chi connectivity index (χ0) is 23.9. The summed E-state index contributed by atoms with van der Waals surface area (Å²) >= 11 is 1.39. The molecule has 0 aliphatic heterocycles. The minimum absolute atomic E-state index is 0.0244. The maximum absolute atomic E-state index is 14.5. The van der Waals surface area contributed by atoms with E-state index in [1.807, 2.05) is 34.9 Å². The topological polar surface area (TPSA) is 76.9 Å². The number of ketones is 1. The van der Waals surface area contributed by atoms with Crippen molar-refractivity contribution >= 4 is 29.1 Å². The maximum Gasteiger partial charge on any atom is 0.225 e. The Morgan fingerprint density at radius 2 is 1.65 bits per heavy atom. The number of nitrogens with zero attached hydrogens (tertiary/aromatic N) is 3. The zero-order valence-electron chi connectivity index (χ0n) is 18.6. The molecule has 0 saturated carbocycles. The highest BCUT2D eigenvalue weighted by molar-refractivity contribution is 7.99. The van der Waals surface area contributed by atoms with Crippen molar-refractivity contribution in [2.24, 2.45) is 0 Å². The van der Waals surface area contributed by atoms with Crippen LogP contribution in [0.15, 0.2) is 84.0 Å². The second-order valence-electron chi connectivity index (χ2n) is 7.64. The number of hydrogen-bond donors (Lipinski definition) is 1. The van der Waals surface area contributed by atoms with Gasteiger partial charge in [-0.2, -0.15) is 0 Å². The molecule has 1 N–H and O–H groups in total. The molecule has 0 unspecified atom stereocenters. The van der Waals surface area contributed by atoms with Crippen LogP contribution in [0.4, 0.5) is 10.1 Å². The molecule has 3 aromatic carbocycles. The van der Waals surface area contributed by atoms with Gasteiger partial charge in [-0.25, -0.2) is 4.39 Å². The summed E-state index contributed by atoms with van der Waals surface area (Å²) in [4.78, 5) is 23.8. The van der Waals surface area contributed by atoms with Gasteiger partial charge in [-0.3, -0.25) is 14.2 Å². The van der Waals surface area contributed by atoms with Gasteiger partial charge in [-0.1, -0.05) is 54.2 Å². The molecule has 0 radical (unpaired) electrons. The quantitative estimate of drug-likeness (QED) is 0.258. The summed E-state index contributed by atoms with van der Waals surface area (Å²) in [6.07, 6.45) is 0.256. The van der Waals surface area contributed by atoms with Gasteiger partial charge in [0, 0.05) is 23.4 Å². The second-order valence-corrected chi connectivity index (χ2v) is 8.70. The molecule has 0 aliphatic rings. The molecule has 8 heteroatoms. The van der Waals surface area contributed by atoms with E-state index in [4.69, 9.17) is 0 Å². The van der Waals surface area contributed by atoms with Crippen LogP contribution in [0.25, 0.3) is 11.4 Å². The number of rotatable bonds is 9. The van der Waals surface area contributed by atoms with E-state index in [2.05, 4.69) is 15.5 Å². The van der Waals surface area contributed by atoms with E-state index in [1.165, 1.54) is 24.8 Å². The standard InChI is InChI=1S/C26H23FN4O2S/c1-18(32)20-11-13-21(14-12-20)28-24(33)15-16-34-26-30-29-25(22-9-5-6-10-23(22)27)31(26)17-19-7-3-2-4-8-19/h2-14H,15-17H2,1H3,(H,28,33). The Morgan fingerprint density at radius 1 is 0.941 bits per heavy atom. The normalized spacial score (nSPS) is 10.8. The highest BCUT2D eigenvalue weighted by atomic mass is 32.2. The number of aromatic nitrogens is 3. The lowest BCUT2D eigenvalue weighted by molar-refractivity contribution is -0.115. The van der Waals surface area contributed by atoms with Crippen LogP contribution in [-0.2, 0) is 11.3 Å². The van der Waals surface area contributed by atoms with Crippen molar-refractivity contribution in [3.05, 3.63) is 95.8 Å². The first-order valence-electron chi connectivity index (χ1n) is 10.8. The van der Waals surface area contributed by atoms with E-state index in [9.17, 15) is 14.0 Å². The average molecular weight is 475 g/mol. The number of carbonyl (C=O) groups is 2. The molecular weight excluding hydrogens is 451 g/mol. The lowest BCUT2D eigenvalue weighted by Crippen LogP contribution is -2.12. The van der Waals surface area contributed by atoms with Crippen molar-refractivity contribution in [3.8, 4) is 11.4 Å². The van der Waals surface area contributed by atoms with Crippen molar-refractivity contribution in [1.29, 1.82) is 0 Å². The first-order chi connectivity index (χ1) is 16.5. The number of amides is 1. The Morgan fingerprint density at radius 3 is 2.35 bits per heavy atom. The maximum atomic E-state index is 14.5. The van der Waals surface area contributed by atoms with Crippen LogP contribution < -0.4 is 5.32 Å². The van der Waals surface area contributed by atoms with Crippen LogP contribution >= 0.6 is 11.8 Å². The molecule has 0 fully saturated rings. The van der Waals surface area contributed by atoms with Crippen molar-refractivity contribution in [1.82, 2.24) is 14.8 Å². The number of hydrogen-bond acceptors (Lipinski definition) is 5. The fourth-order valence-corrected chi connectivity index (χ4v) is 4.27. The molecule has 0 saturated heterocycles. The summed E-state index contributed by atoms with van der Waals surface area (Å²) in [5.41, 5.74) is 2.64. The number of carbonyl (C=O) groups excluding carboxylic acids is 2. The Labute approximate surface area is 201 Å². The number of anilines is 1. The Kier molecular flexibility index (Phi) is 7.49. The molecule has 1 aromatic heterocycles. The molecule has 172 valence electrons. The molecule has 0 aliphatic carbocycles. The summed E-state index contributed by atoms with van der Waals surface area (Å²) in [7, 11) is 0. The Bertz CT molecular complexity index is 1290. The third kappa shape index (κ3) is 5.77. The summed E-state index contributed by atoms with van der Waals surface area (Å²) in [6.45, 7) is 1.98. The van der Waals surface area contributed by atoms with Crippen LogP contribution in [0.3, 0.4) is 0 Å². The van der Waals surface area contributed by atoms with Crippen molar-refractivity contribution < 1.29 is 14.0 Å². The smallest absolute Gasteiger partial charge is 0.225 e. The van der Waals surface area contributed by atoms with Crippen molar-refractivity contribution in [3.63, 3.8) is 0 Å². The van der Waals surface area contributed by atoms with Crippen LogP contribution in [-0.4, -0.2) is 32.2 Å². The predicted molar refractivity (Wildman–Crippen MR) is 131 cm³/mol. The van der Waals surface area contributed by atoms with Crippen LogP contribution in [0, 0.1) is 5.82 Å². The van der Waals surface area contributed by atoms with Gasteiger partial charge in [0.05, 0.1) is 12.1 Å². The molecule has 4 aromatic rings. The highest BCUT2D eigenvalue weighted by Gasteiger charge is 2.18. The summed E-state index contributed by atoms with van der Waals surface area (Å²) < 4.78 is 16.3. The minimum atomic E-state index is -0.365. The number of thioether (sulfide) groups is 1. The first kappa shape index (κ1) is 23.4. The third-order valence-electron chi connectivity index (χ3n) is 5.15. The van der Waals surface area contributed by atoms with Crippen LogP contribution in [0.2, 0.25) is 0 Å². The van der Waals surface area contributed by atoms with E-state index in [0.29, 0.717) is 40.1 Å². The van der Waals surface area contributed by atoms with Gasteiger partial charge in [0.25, 0.3) is 0 Å². The first-order valence-corrected chi connectivity index (χ1v) is 11.8. The average Bonchev–Trinajstić information content (AvgIpc) is 3.22. The lowest BCUT2D eigenvalue weighted by Gasteiger charge is -2.11. The molecule has 6 nitrogen and oxygen atoms in total. The summed E-state index contributed by atoms with van der Waals surface area (Å²) in [5, 5.41) is 12.0. The fourth-order valence-electron chi connectivity index (χ4n) is 3.39. The predicted octanol–water partition coefficient (Wildman–Crippen LogP) is 5.46. The van der Waals surface area contributed by atoms with Crippen molar-refractivity contribution in [2.45, 2.75) is 25.0 Å². The molecular formula is C26H23FN4O2S. The molecule has 4 rings (SSSR count). The zero-order valence-corrected chi connectivity index (χ0v) is 19.4. The van der Waals surface area contributed by atoms with Crippen LogP contribution in [0.5, 0.6) is 0 Å². The van der Waals surface area contributed by atoms with Crippen LogP contribution in [0.1, 0.15) is 29.3 Å². The Hall–Kier alpha value is -3.78. The van der Waals surface area contributed by atoms with Gasteiger partial charge in [0.1, 0.15) is 5.82 Å². The van der Waals surface area contributed by atoms with E-state index < -0.39 is 0 Å².